The van der Waals surface area contributed by atoms with Crippen LogP contribution in [0.25, 0.3) is 0 Å². The minimum absolute atomic E-state index is 0.175. The number of methoxy groups -OCH3 is 1. The van der Waals surface area contributed by atoms with Crippen molar-refractivity contribution in [1.29, 1.82) is 0 Å². The van der Waals surface area contributed by atoms with Gasteiger partial charge in [0.1, 0.15) is 5.75 Å². The van der Waals surface area contributed by atoms with Crippen LogP contribution in [0.4, 0.5) is 5.69 Å². The van der Waals surface area contributed by atoms with Crippen LogP contribution in [0.3, 0.4) is 0 Å². The van der Waals surface area contributed by atoms with E-state index in [1.807, 2.05) is 24.3 Å². The van der Waals surface area contributed by atoms with Gasteiger partial charge in [0.15, 0.2) is 0 Å². The first-order valence-electron chi connectivity index (χ1n) is 8.04. The molecule has 0 radical (unpaired) electrons. The van der Waals surface area contributed by atoms with E-state index in [1.54, 1.807) is 18.4 Å². The van der Waals surface area contributed by atoms with E-state index in [1.165, 1.54) is 10.4 Å². The lowest BCUT2D eigenvalue weighted by molar-refractivity contribution is 0.409. The largest absolute Gasteiger partial charge is 0.496 e. The van der Waals surface area contributed by atoms with Gasteiger partial charge in [0, 0.05) is 10.0 Å². The quantitative estimate of drug-likeness (QED) is 0.562. The van der Waals surface area contributed by atoms with E-state index in [2.05, 4.69) is 62.7 Å². The fourth-order valence-electron chi connectivity index (χ4n) is 3.15. The molecule has 2 aromatic carbocycles. The molecule has 4 rings (SSSR count). The number of anilines is 1. The van der Waals surface area contributed by atoms with Crippen molar-refractivity contribution in [2.24, 2.45) is 5.10 Å². The molecule has 0 bridgehead atoms. The average molecular weight is 413 g/mol. The predicted octanol–water partition coefficient (Wildman–Crippen LogP) is 5.53. The standard InChI is InChI=1S/C20H17BrN2OS/c1-24-18-9-3-2-8-16(18)17-13-23(15-7-4-6-14(21)12-15)22-20(17)19-10-5-11-25-19/h2-12,17H,13H2,1H3/t17-/m0/s1. The Bertz CT molecular complexity index is 908. The molecule has 1 atom stereocenters. The van der Waals surface area contributed by atoms with Gasteiger partial charge in [0.25, 0.3) is 0 Å². The summed E-state index contributed by atoms with van der Waals surface area (Å²) >= 11 is 5.28. The summed E-state index contributed by atoms with van der Waals surface area (Å²) in [6.45, 7) is 0.796. The fraction of sp³-hybridized carbons (Fsp3) is 0.150. The van der Waals surface area contributed by atoms with Crippen LogP contribution in [0.1, 0.15) is 16.4 Å². The molecule has 0 spiro atoms. The van der Waals surface area contributed by atoms with E-state index < -0.39 is 0 Å². The normalized spacial score (nSPS) is 16.8. The molecule has 5 heteroatoms. The highest BCUT2D eigenvalue weighted by Gasteiger charge is 2.32. The Balaban J connectivity index is 1.78. The second-order valence-corrected chi connectivity index (χ2v) is 7.68. The second kappa shape index (κ2) is 7.02. The predicted molar refractivity (Wildman–Crippen MR) is 108 cm³/mol. The van der Waals surface area contributed by atoms with E-state index in [0.717, 1.165) is 28.2 Å². The molecule has 1 aliphatic heterocycles. The number of halogens is 1. The molecule has 0 unspecified atom stereocenters. The molecule has 25 heavy (non-hydrogen) atoms. The van der Waals surface area contributed by atoms with E-state index in [4.69, 9.17) is 9.84 Å². The van der Waals surface area contributed by atoms with E-state index in [9.17, 15) is 0 Å². The molecule has 1 aromatic heterocycles. The molecular weight excluding hydrogens is 396 g/mol. The van der Waals surface area contributed by atoms with Crippen molar-refractivity contribution in [3.8, 4) is 5.75 Å². The third-order valence-electron chi connectivity index (χ3n) is 4.31. The Morgan fingerprint density at radius 1 is 1.12 bits per heavy atom. The molecule has 0 fully saturated rings. The Kier molecular flexibility index (Phi) is 4.59. The molecule has 0 N–H and O–H groups in total. The van der Waals surface area contributed by atoms with Crippen LogP contribution in [0.5, 0.6) is 5.75 Å². The smallest absolute Gasteiger partial charge is 0.122 e. The first-order valence-corrected chi connectivity index (χ1v) is 9.72. The van der Waals surface area contributed by atoms with Crippen molar-refractivity contribution in [3.63, 3.8) is 0 Å². The number of benzene rings is 2. The van der Waals surface area contributed by atoms with Gasteiger partial charge in [0.05, 0.1) is 35.8 Å². The van der Waals surface area contributed by atoms with Gasteiger partial charge in [0.2, 0.25) is 0 Å². The lowest BCUT2D eigenvalue weighted by Gasteiger charge is -2.18. The van der Waals surface area contributed by atoms with Crippen LogP contribution in [0.15, 0.2) is 75.6 Å². The first-order chi connectivity index (χ1) is 12.3. The summed E-state index contributed by atoms with van der Waals surface area (Å²) in [7, 11) is 1.72. The van der Waals surface area contributed by atoms with Crippen LogP contribution in [0, 0.1) is 0 Å². The number of hydrogen-bond donors (Lipinski definition) is 0. The maximum atomic E-state index is 5.61. The summed E-state index contributed by atoms with van der Waals surface area (Å²) in [5.74, 6) is 1.08. The summed E-state index contributed by atoms with van der Waals surface area (Å²) in [6, 6.07) is 20.7. The highest BCUT2D eigenvalue weighted by molar-refractivity contribution is 9.10. The minimum Gasteiger partial charge on any atom is -0.496 e. The van der Waals surface area contributed by atoms with Gasteiger partial charge in [-0.1, -0.05) is 46.3 Å². The van der Waals surface area contributed by atoms with Crippen LogP contribution in [-0.4, -0.2) is 19.4 Å². The van der Waals surface area contributed by atoms with Gasteiger partial charge in [-0.3, -0.25) is 5.01 Å². The summed E-state index contributed by atoms with van der Waals surface area (Å²) in [4.78, 5) is 1.20. The van der Waals surface area contributed by atoms with Crippen molar-refractivity contribution < 1.29 is 4.74 Å². The molecule has 1 aliphatic rings. The Labute approximate surface area is 159 Å². The van der Waals surface area contributed by atoms with Crippen molar-refractivity contribution in [1.82, 2.24) is 0 Å². The zero-order chi connectivity index (χ0) is 17.2. The minimum atomic E-state index is 0.175. The third kappa shape index (κ3) is 3.22. The van der Waals surface area contributed by atoms with Crippen molar-refractivity contribution in [3.05, 3.63) is 81.0 Å². The van der Waals surface area contributed by atoms with E-state index >= 15 is 0 Å². The fourth-order valence-corrected chi connectivity index (χ4v) is 4.30. The summed E-state index contributed by atoms with van der Waals surface area (Å²) in [5, 5.41) is 9.14. The van der Waals surface area contributed by atoms with Gasteiger partial charge in [-0.2, -0.15) is 5.10 Å². The van der Waals surface area contributed by atoms with Crippen molar-refractivity contribution in [2.45, 2.75) is 5.92 Å². The van der Waals surface area contributed by atoms with Crippen molar-refractivity contribution in [2.75, 3.05) is 18.7 Å². The molecule has 0 saturated heterocycles. The highest BCUT2D eigenvalue weighted by atomic mass is 79.9. The first kappa shape index (κ1) is 16.4. The van der Waals surface area contributed by atoms with Gasteiger partial charge in [-0.25, -0.2) is 0 Å². The molecular formula is C20H17BrN2OS. The Morgan fingerprint density at radius 2 is 2.00 bits per heavy atom. The Morgan fingerprint density at radius 3 is 2.76 bits per heavy atom. The summed E-state index contributed by atoms with van der Waals surface area (Å²) in [6.07, 6.45) is 0. The lowest BCUT2D eigenvalue weighted by atomic mass is 9.93. The van der Waals surface area contributed by atoms with Gasteiger partial charge < -0.3 is 4.74 Å². The zero-order valence-corrected chi connectivity index (χ0v) is 16.1. The zero-order valence-electron chi connectivity index (χ0n) is 13.7. The lowest BCUT2D eigenvalue weighted by Crippen LogP contribution is -2.18. The molecule has 0 amide bonds. The Hall–Kier alpha value is -2.11. The van der Waals surface area contributed by atoms with E-state index in [-0.39, 0.29) is 5.92 Å². The number of ether oxygens (including phenoxy) is 1. The third-order valence-corrected chi connectivity index (χ3v) is 5.69. The van der Waals surface area contributed by atoms with Crippen LogP contribution in [0.2, 0.25) is 0 Å². The molecule has 3 nitrogen and oxygen atoms in total. The SMILES string of the molecule is COc1ccccc1[C@@H]1CN(c2cccc(Br)c2)N=C1c1cccs1. The summed E-state index contributed by atoms with van der Waals surface area (Å²) in [5.41, 5.74) is 3.36. The van der Waals surface area contributed by atoms with Crippen LogP contribution < -0.4 is 9.75 Å². The van der Waals surface area contributed by atoms with Crippen LogP contribution >= 0.6 is 27.3 Å². The highest BCUT2D eigenvalue weighted by Crippen LogP contribution is 2.37. The van der Waals surface area contributed by atoms with Gasteiger partial charge >= 0.3 is 0 Å². The van der Waals surface area contributed by atoms with E-state index in [0.29, 0.717) is 0 Å². The van der Waals surface area contributed by atoms with Gasteiger partial charge in [-0.15, -0.1) is 11.3 Å². The molecule has 0 aliphatic carbocycles. The van der Waals surface area contributed by atoms with Crippen molar-refractivity contribution >= 4 is 38.7 Å². The molecule has 3 aromatic rings. The number of nitrogens with zero attached hydrogens (tertiary/aromatic N) is 2. The number of thiophene rings is 1. The average Bonchev–Trinajstić information content (AvgIpc) is 3.31. The number of hydrazone groups is 1. The topological polar surface area (TPSA) is 24.8 Å². The summed E-state index contributed by atoms with van der Waals surface area (Å²) < 4.78 is 6.66. The monoisotopic (exact) mass is 412 g/mol. The van der Waals surface area contributed by atoms with Crippen LogP contribution in [-0.2, 0) is 0 Å². The maximum Gasteiger partial charge on any atom is 0.122 e. The molecule has 0 saturated carbocycles. The van der Waals surface area contributed by atoms with Gasteiger partial charge in [-0.05, 0) is 35.7 Å². The second-order valence-electron chi connectivity index (χ2n) is 5.82. The number of hydrogen-bond acceptors (Lipinski definition) is 4. The number of rotatable bonds is 4. The molecule has 2 heterocycles. The molecule has 126 valence electrons. The maximum absolute atomic E-state index is 5.61. The number of para-hydroxylation sites is 1.